The highest BCUT2D eigenvalue weighted by Crippen LogP contribution is 2.41. The lowest BCUT2D eigenvalue weighted by molar-refractivity contribution is -0.118. The molecule has 4 bridgehead atoms. The van der Waals surface area contributed by atoms with Crippen LogP contribution in [-0.2, 0) is 4.74 Å². The van der Waals surface area contributed by atoms with Crippen LogP contribution in [0.1, 0.15) is 39.0 Å². The normalized spacial score (nSPS) is 48.4. The number of amidine groups is 1. The van der Waals surface area contributed by atoms with Crippen molar-refractivity contribution in [2.24, 2.45) is 22.7 Å². The van der Waals surface area contributed by atoms with Gasteiger partial charge in [0.25, 0.3) is 0 Å². The molecule has 0 spiro atoms. The SMILES string of the molecule is C=C(C1CN1)N1CCN(C2=NC3C4CCNC3C(C)/C=C\NC3NC(C(F)CC23)C2C(F)CCCC2O4)CC1. The molecular formula is C29H45F2N7O. The second-order valence-corrected chi connectivity index (χ2v) is 12.8. The summed E-state index contributed by atoms with van der Waals surface area (Å²) in [5.41, 5.74) is 1.17. The molecule has 0 aromatic carbocycles. The second kappa shape index (κ2) is 10.6. The molecule has 8 rings (SSSR count). The molecular weight excluding hydrogens is 500 g/mol. The molecule has 4 N–H and O–H groups in total. The molecule has 7 aliphatic heterocycles. The summed E-state index contributed by atoms with van der Waals surface area (Å²) >= 11 is 0. The van der Waals surface area contributed by atoms with E-state index < -0.39 is 24.3 Å². The number of piperazine rings is 1. The van der Waals surface area contributed by atoms with Gasteiger partial charge in [0.1, 0.15) is 18.2 Å². The lowest BCUT2D eigenvalue weighted by Crippen LogP contribution is -2.66. The molecule has 0 aromatic heterocycles. The van der Waals surface area contributed by atoms with Crippen LogP contribution in [0.15, 0.2) is 29.5 Å². The number of hydrogen-bond donors (Lipinski definition) is 4. The third-order valence-corrected chi connectivity index (χ3v) is 10.5. The van der Waals surface area contributed by atoms with E-state index in [1.807, 2.05) is 6.20 Å². The molecule has 7 heterocycles. The lowest BCUT2D eigenvalue weighted by atomic mass is 9.74. The quantitative estimate of drug-likeness (QED) is 0.392. The monoisotopic (exact) mass is 545 g/mol. The van der Waals surface area contributed by atoms with Crippen LogP contribution < -0.4 is 21.3 Å². The second-order valence-electron chi connectivity index (χ2n) is 12.8. The van der Waals surface area contributed by atoms with Gasteiger partial charge in [0, 0.05) is 56.4 Å². The topological polar surface area (TPSA) is 86.1 Å². The minimum absolute atomic E-state index is 0.102. The zero-order chi connectivity index (χ0) is 26.7. The Morgan fingerprint density at radius 1 is 1.05 bits per heavy atom. The molecule has 1 aliphatic carbocycles. The molecule has 1 saturated carbocycles. The number of ether oxygens (including phenoxy) is 1. The summed E-state index contributed by atoms with van der Waals surface area (Å²) in [6.07, 6.45) is 4.62. The number of fused-ring (bicyclic) bond motifs is 1. The van der Waals surface area contributed by atoms with Crippen LogP contribution in [0.5, 0.6) is 0 Å². The van der Waals surface area contributed by atoms with E-state index in [9.17, 15) is 0 Å². The molecule has 8 nitrogen and oxygen atoms in total. The predicted molar refractivity (Wildman–Crippen MR) is 148 cm³/mol. The fourth-order valence-electron chi connectivity index (χ4n) is 8.15. The first-order chi connectivity index (χ1) is 19.0. The minimum Gasteiger partial charge on any atom is -0.375 e. The van der Waals surface area contributed by atoms with E-state index in [4.69, 9.17) is 9.73 Å². The van der Waals surface area contributed by atoms with Crippen LogP contribution >= 0.6 is 0 Å². The van der Waals surface area contributed by atoms with Gasteiger partial charge in [0.2, 0.25) is 0 Å². The maximum atomic E-state index is 16.2. The summed E-state index contributed by atoms with van der Waals surface area (Å²) < 4.78 is 38.7. The predicted octanol–water partition coefficient (Wildman–Crippen LogP) is 1.52. The van der Waals surface area contributed by atoms with Gasteiger partial charge in [-0.25, -0.2) is 8.78 Å². The van der Waals surface area contributed by atoms with Crippen molar-refractivity contribution in [1.29, 1.82) is 0 Å². The van der Waals surface area contributed by atoms with Crippen LogP contribution in [0.25, 0.3) is 0 Å². The molecule has 8 aliphatic rings. The van der Waals surface area contributed by atoms with Crippen LogP contribution in [0.2, 0.25) is 0 Å². The molecule has 12 unspecified atom stereocenters. The van der Waals surface area contributed by atoms with Gasteiger partial charge in [-0.05, 0) is 50.8 Å². The Morgan fingerprint density at radius 3 is 2.67 bits per heavy atom. The van der Waals surface area contributed by atoms with Gasteiger partial charge in [-0.2, -0.15) is 0 Å². The van der Waals surface area contributed by atoms with Crippen LogP contribution in [0.3, 0.4) is 0 Å². The molecule has 216 valence electrons. The number of nitrogens with zero attached hydrogens (tertiary/aromatic N) is 3. The van der Waals surface area contributed by atoms with E-state index in [1.165, 1.54) is 5.70 Å². The van der Waals surface area contributed by atoms with Gasteiger partial charge < -0.3 is 30.5 Å². The van der Waals surface area contributed by atoms with Gasteiger partial charge in [-0.3, -0.25) is 10.3 Å². The lowest BCUT2D eigenvalue weighted by Gasteiger charge is -2.48. The molecule has 0 amide bonds. The van der Waals surface area contributed by atoms with Gasteiger partial charge in [-0.1, -0.05) is 19.6 Å². The zero-order valence-electron chi connectivity index (χ0n) is 23.1. The van der Waals surface area contributed by atoms with Crippen LogP contribution in [-0.4, -0.2) is 110 Å². The number of nitrogens with one attached hydrogen (secondary N) is 4. The van der Waals surface area contributed by atoms with Gasteiger partial charge in [0.05, 0.1) is 36.4 Å². The Bertz CT molecular complexity index is 983. The van der Waals surface area contributed by atoms with E-state index in [1.54, 1.807) is 0 Å². The molecule has 5 fully saturated rings. The first kappa shape index (κ1) is 26.2. The van der Waals surface area contributed by atoms with E-state index in [2.05, 4.69) is 50.6 Å². The van der Waals surface area contributed by atoms with E-state index in [-0.39, 0.29) is 42.3 Å². The van der Waals surface area contributed by atoms with Crippen molar-refractivity contribution in [2.75, 3.05) is 39.3 Å². The summed E-state index contributed by atoms with van der Waals surface area (Å²) in [6, 6.07) is -0.169. The Hall–Kier alpha value is -1.75. The van der Waals surface area contributed by atoms with Crippen molar-refractivity contribution < 1.29 is 13.5 Å². The van der Waals surface area contributed by atoms with Gasteiger partial charge in [0.15, 0.2) is 0 Å². The fraction of sp³-hybridized carbons (Fsp3) is 0.828. The first-order valence-corrected chi connectivity index (χ1v) is 15.3. The first-order valence-electron chi connectivity index (χ1n) is 15.3. The van der Waals surface area contributed by atoms with Crippen LogP contribution in [0, 0.1) is 17.8 Å². The van der Waals surface area contributed by atoms with Crippen LogP contribution in [0.4, 0.5) is 8.78 Å². The standard InChI is InChI=1S/C29H45F2N7O/c1-16-6-8-33-28-18-14-20(31)26(35-28)24-19(30)4-3-5-22(24)39-23-7-9-32-25(16)27(23)36-29(18)38-12-10-37(11-13-38)17(2)21-15-34-21/h6,8,16,18-28,32-35H,2-5,7,9-15H2,1H3/b8-6-,36-29?. The summed E-state index contributed by atoms with van der Waals surface area (Å²) in [5, 5.41) is 14.3. The molecule has 4 saturated heterocycles. The highest BCUT2D eigenvalue weighted by molar-refractivity contribution is 5.86. The molecule has 0 aromatic rings. The van der Waals surface area contributed by atoms with E-state index in [0.717, 1.165) is 64.4 Å². The fourth-order valence-corrected chi connectivity index (χ4v) is 8.15. The minimum atomic E-state index is -1.16. The van der Waals surface area contributed by atoms with Gasteiger partial charge in [-0.15, -0.1) is 0 Å². The number of aliphatic imine (C=N–C) groups is 1. The molecule has 0 radical (unpaired) electrons. The maximum Gasteiger partial charge on any atom is 0.117 e. The zero-order valence-corrected chi connectivity index (χ0v) is 23.1. The number of piperidine rings is 2. The van der Waals surface area contributed by atoms with Crippen molar-refractivity contribution >= 4 is 5.84 Å². The molecule has 10 heteroatoms. The molecule has 39 heavy (non-hydrogen) atoms. The highest BCUT2D eigenvalue weighted by atomic mass is 19.1. The van der Waals surface area contributed by atoms with Crippen molar-refractivity contribution in [3.63, 3.8) is 0 Å². The van der Waals surface area contributed by atoms with Crippen molar-refractivity contribution in [3.05, 3.63) is 24.6 Å². The number of halogens is 2. The third kappa shape index (κ3) is 4.89. The Balaban J connectivity index is 1.28. The largest absolute Gasteiger partial charge is 0.375 e. The van der Waals surface area contributed by atoms with E-state index in [0.29, 0.717) is 18.9 Å². The van der Waals surface area contributed by atoms with Crippen molar-refractivity contribution in [2.45, 2.75) is 93.9 Å². The number of hydrogen-bond acceptors (Lipinski definition) is 8. The summed E-state index contributed by atoms with van der Waals surface area (Å²) in [5.74, 6) is 0.567. The van der Waals surface area contributed by atoms with E-state index >= 15 is 8.78 Å². The summed E-state index contributed by atoms with van der Waals surface area (Å²) in [7, 11) is 0. The Kier molecular flexibility index (Phi) is 7.10. The average Bonchev–Trinajstić information content (AvgIpc) is 3.78. The Morgan fingerprint density at radius 2 is 1.87 bits per heavy atom. The average molecular weight is 546 g/mol. The maximum absolute atomic E-state index is 16.2. The van der Waals surface area contributed by atoms with Crippen molar-refractivity contribution in [1.82, 2.24) is 31.1 Å². The van der Waals surface area contributed by atoms with Crippen molar-refractivity contribution in [3.8, 4) is 0 Å². The smallest absolute Gasteiger partial charge is 0.117 e. The molecule has 12 atom stereocenters. The number of alkyl halides is 2. The Labute approximate surface area is 231 Å². The van der Waals surface area contributed by atoms with Gasteiger partial charge >= 0.3 is 0 Å². The third-order valence-electron chi connectivity index (χ3n) is 10.5. The summed E-state index contributed by atoms with van der Waals surface area (Å²) in [4.78, 5) is 10.3. The summed E-state index contributed by atoms with van der Waals surface area (Å²) in [6.45, 7) is 11.8. The number of rotatable bonds is 2. The highest BCUT2D eigenvalue weighted by Gasteiger charge is 2.52.